The van der Waals surface area contributed by atoms with Crippen molar-refractivity contribution < 1.29 is 33.3 Å². The van der Waals surface area contributed by atoms with Crippen LogP contribution in [0.1, 0.15) is 15.9 Å². The summed E-state index contributed by atoms with van der Waals surface area (Å²) in [7, 11) is 4.55. The zero-order chi connectivity index (χ0) is 27.4. The predicted octanol–water partition coefficient (Wildman–Crippen LogP) is 6.67. The summed E-state index contributed by atoms with van der Waals surface area (Å²) >= 11 is 0. The number of allylic oxidation sites excluding steroid dienone is 1. The summed E-state index contributed by atoms with van der Waals surface area (Å²) in [4.78, 5) is 27.8. The van der Waals surface area contributed by atoms with Crippen molar-refractivity contribution in [2.24, 2.45) is 0 Å². The number of fused-ring (bicyclic) bond motifs is 1. The fourth-order valence-electron chi connectivity index (χ4n) is 4.23. The van der Waals surface area contributed by atoms with Crippen LogP contribution in [0.2, 0.25) is 0 Å². The summed E-state index contributed by atoms with van der Waals surface area (Å²) < 4.78 is 27.7. The van der Waals surface area contributed by atoms with Crippen molar-refractivity contribution in [3.8, 4) is 28.7 Å². The van der Waals surface area contributed by atoms with E-state index >= 15 is 0 Å². The van der Waals surface area contributed by atoms with E-state index in [0.29, 0.717) is 39.8 Å². The van der Waals surface area contributed by atoms with Gasteiger partial charge in [0.05, 0.1) is 38.3 Å². The molecule has 0 unspecified atom stereocenters. The van der Waals surface area contributed by atoms with Crippen molar-refractivity contribution in [2.45, 2.75) is 0 Å². The van der Waals surface area contributed by atoms with Gasteiger partial charge in [0.1, 0.15) is 11.5 Å². The van der Waals surface area contributed by atoms with Crippen LogP contribution in [-0.4, -0.2) is 33.2 Å². The fraction of sp³-hybridized carbons (Fsp3) is 0.0968. The molecule has 0 atom stereocenters. The SMILES string of the molecule is COc1cc(C=C2Oc3cc(OC(=O)N(c4ccccc4)c4ccccc4)ccc3C2=O)cc(OC)c1OC. The van der Waals surface area contributed by atoms with E-state index in [9.17, 15) is 9.59 Å². The highest BCUT2D eigenvalue weighted by molar-refractivity contribution is 6.14. The van der Waals surface area contributed by atoms with E-state index in [-0.39, 0.29) is 23.0 Å². The number of methoxy groups -OCH3 is 3. The van der Waals surface area contributed by atoms with Crippen molar-refractivity contribution in [3.05, 3.63) is 108 Å². The van der Waals surface area contributed by atoms with E-state index in [1.807, 2.05) is 60.7 Å². The minimum atomic E-state index is -0.607. The number of carbonyl (C=O) groups excluding carboxylic acids is 2. The molecule has 0 bridgehead atoms. The van der Waals surface area contributed by atoms with Gasteiger partial charge in [-0.3, -0.25) is 4.79 Å². The molecule has 0 saturated carbocycles. The summed E-state index contributed by atoms with van der Waals surface area (Å²) in [5.74, 6) is 1.66. The van der Waals surface area contributed by atoms with Crippen LogP contribution in [0, 0.1) is 0 Å². The van der Waals surface area contributed by atoms with Gasteiger partial charge in [0.25, 0.3) is 0 Å². The zero-order valence-corrected chi connectivity index (χ0v) is 21.5. The summed E-state index contributed by atoms with van der Waals surface area (Å²) in [6, 6.07) is 26.5. The summed E-state index contributed by atoms with van der Waals surface area (Å²) in [6.45, 7) is 0. The molecule has 0 spiro atoms. The van der Waals surface area contributed by atoms with E-state index < -0.39 is 6.09 Å². The standard InChI is InChI=1S/C31H25NO7/c1-35-27-17-20(18-28(36-2)30(27)37-3)16-26-29(33)24-15-14-23(19-25(24)39-26)38-31(34)32(21-10-6-4-7-11-21)22-12-8-5-9-13-22/h4-19H,1-3H3. The Kier molecular flexibility index (Phi) is 7.18. The van der Waals surface area contributed by atoms with Crippen molar-refractivity contribution >= 4 is 29.3 Å². The lowest BCUT2D eigenvalue weighted by molar-refractivity contribution is 0.101. The van der Waals surface area contributed by atoms with E-state index in [0.717, 1.165) is 0 Å². The maximum atomic E-state index is 13.3. The molecule has 0 aliphatic carbocycles. The third-order valence-corrected chi connectivity index (χ3v) is 6.04. The van der Waals surface area contributed by atoms with Crippen LogP contribution < -0.4 is 28.6 Å². The first-order valence-electron chi connectivity index (χ1n) is 12.0. The average molecular weight is 524 g/mol. The Labute approximate surface area is 225 Å². The van der Waals surface area contributed by atoms with Gasteiger partial charge in [-0.1, -0.05) is 36.4 Å². The molecule has 0 saturated heterocycles. The van der Waals surface area contributed by atoms with E-state index in [1.54, 1.807) is 30.3 Å². The third kappa shape index (κ3) is 5.13. The lowest BCUT2D eigenvalue weighted by atomic mass is 10.1. The van der Waals surface area contributed by atoms with Crippen molar-refractivity contribution in [2.75, 3.05) is 26.2 Å². The molecule has 0 radical (unpaired) electrons. The van der Waals surface area contributed by atoms with Gasteiger partial charge in [-0.05, 0) is 60.2 Å². The second-order valence-corrected chi connectivity index (χ2v) is 8.43. The Hall–Kier alpha value is -5.24. The minimum absolute atomic E-state index is 0.109. The molecule has 1 amide bonds. The molecule has 0 fully saturated rings. The van der Waals surface area contributed by atoms with Crippen LogP contribution >= 0.6 is 0 Å². The Balaban J connectivity index is 1.41. The van der Waals surface area contributed by atoms with E-state index in [2.05, 4.69) is 0 Å². The molecule has 0 aromatic heterocycles. The second kappa shape index (κ2) is 11.0. The van der Waals surface area contributed by atoms with Gasteiger partial charge in [-0.15, -0.1) is 0 Å². The molecule has 4 aromatic carbocycles. The number of anilines is 2. The first-order chi connectivity index (χ1) is 19.0. The van der Waals surface area contributed by atoms with Gasteiger partial charge in [-0.2, -0.15) is 0 Å². The third-order valence-electron chi connectivity index (χ3n) is 6.04. The smallest absolute Gasteiger partial charge is 0.424 e. The van der Waals surface area contributed by atoms with Gasteiger partial charge in [0, 0.05) is 6.07 Å². The molecular formula is C31H25NO7. The van der Waals surface area contributed by atoms with Crippen molar-refractivity contribution in [3.63, 3.8) is 0 Å². The van der Waals surface area contributed by atoms with Gasteiger partial charge in [0.15, 0.2) is 17.3 Å². The number of nitrogens with zero attached hydrogens (tertiary/aromatic N) is 1. The normalized spacial score (nSPS) is 12.9. The van der Waals surface area contributed by atoms with Crippen LogP contribution in [0.15, 0.2) is 96.8 Å². The van der Waals surface area contributed by atoms with Crippen LogP contribution in [-0.2, 0) is 0 Å². The number of hydrogen-bond acceptors (Lipinski definition) is 7. The monoisotopic (exact) mass is 523 g/mol. The molecule has 8 heteroatoms. The maximum Gasteiger partial charge on any atom is 0.424 e. The molecule has 4 aromatic rings. The predicted molar refractivity (Wildman–Crippen MR) is 147 cm³/mol. The van der Waals surface area contributed by atoms with Crippen LogP contribution in [0.25, 0.3) is 6.08 Å². The number of amides is 1. The van der Waals surface area contributed by atoms with Crippen molar-refractivity contribution in [1.29, 1.82) is 0 Å². The molecule has 8 nitrogen and oxygen atoms in total. The largest absolute Gasteiger partial charge is 0.493 e. The average Bonchev–Trinajstić information content (AvgIpc) is 3.27. The maximum absolute atomic E-state index is 13.3. The fourth-order valence-corrected chi connectivity index (χ4v) is 4.23. The number of hydrogen-bond donors (Lipinski definition) is 0. The number of carbonyl (C=O) groups is 2. The Morgan fingerprint density at radius 2 is 1.36 bits per heavy atom. The lowest BCUT2D eigenvalue weighted by Crippen LogP contribution is -2.29. The van der Waals surface area contributed by atoms with Gasteiger partial charge in [-0.25, -0.2) is 9.69 Å². The van der Waals surface area contributed by atoms with Gasteiger partial charge >= 0.3 is 6.09 Å². The number of benzene rings is 4. The highest BCUT2D eigenvalue weighted by Gasteiger charge is 2.29. The number of Topliss-reactive ketones (excluding diaryl/α,β-unsaturated/α-hetero) is 1. The Morgan fingerprint density at radius 3 is 1.90 bits per heavy atom. The number of rotatable bonds is 7. The second-order valence-electron chi connectivity index (χ2n) is 8.43. The van der Waals surface area contributed by atoms with Gasteiger partial charge in [0.2, 0.25) is 11.5 Å². The lowest BCUT2D eigenvalue weighted by Gasteiger charge is -2.22. The zero-order valence-electron chi connectivity index (χ0n) is 21.5. The number of ketones is 1. The Morgan fingerprint density at radius 1 is 0.769 bits per heavy atom. The quantitative estimate of drug-likeness (QED) is 0.250. The Bertz CT molecular complexity index is 1480. The summed E-state index contributed by atoms with van der Waals surface area (Å²) in [5, 5.41) is 0. The molecule has 1 aliphatic rings. The first kappa shape index (κ1) is 25.4. The first-order valence-corrected chi connectivity index (χ1v) is 12.0. The minimum Gasteiger partial charge on any atom is -0.493 e. The molecule has 0 N–H and O–H groups in total. The topological polar surface area (TPSA) is 83.5 Å². The van der Waals surface area contributed by atoms with Crippen molar-refractivity contribution in [1.82, 2.24) is 0 Å². The number of ether oxygens (including phenoxy) is 5. The number of para-hydroxylation sites is 2. The van der Waals surface area contributed by atoms with E-state index in [4.69, 9.17) is 23.7 Å². The highest BCUT2D eigenvalue weighted by Crippen LogP contribution is 2.40. The van der Waals surface area contributed by atoms with Crippen LogP contribution in [0.3, 0.4) is 0 Å². The molecule has 1 heterocycles. The van der Waals surface area contributed by atoms with Gasteiger partial charge < -0.3 is 23.7 Å². The molecule has 196 valence electrons. The molecular weight excluding hydrogens is 498 g/mol. The molecule has 5 rings (SSSR count). The summed E-state index contributed by atoms with van der Waals surface area (Å²) in [6.07, 6.45) is 0.982. The molecule has 1 aliphatic heterocycles. The highest BCUT2D eigenvalue weighted by atomic mass is 16.6. The van der Waals surface area contributed by atoms with E-state index in [1.165, 1.54) is 32.3 Å². The van der Waals surface area contributed by atoms with Crippen LogP contribution in [0.4, 0.5) is 16.2 Å². The summed E-state index contributed by atoms with van der Waals surface area (Å²) in [5.41, 5.74) is 2.28. The molecule has 39 heavy (non-hydrogen) atoms. The van der Waals surface area contributed by atoms with Crippen LogP contribution in [0.5, 0.6) is 28.7 Å².